The van der Waals surface area contributed by atoms with Crippen LogP contribution in [0.1, 0.15) is 64.7 Å². The van der Waals surface area contributed by atoms with Gasteiger partial charge in [0.05, 0.1) is 5.41 Å². The van der Waals surface area contributed by atoms with Crippen molar-refractivity contribution >= 4 is 11.9 Å². The van der Waals surface area contributed by atoms with Crippen molar-refractivity contribution in [3.05, 3.63) is 0 Å². The first-order valence-corrected chi connectivity index (χ1v) is 8.41. The number of carboxylic acid groups (broad SMARTS) is 1. The number of carboxylic acids is 1. The van der Waals surface area contributed by atoms with Crippen LogP contribution in [0.15, 0.2) is 0 Å². The topological polar surface area (TPSA) is 66.4 Å². The second kappa shape index (κ2) is 5.29. The number of hydrogen-bond acceptors (Lipinski definition) is 2. The Morgan fingerprint density at radius 3 is 2.38 bits per heavy atom. The number of hydrogen-bond donors (Lipinski definition) is 2. The molecule has 2 N–H and O–H groups in total. The fourth-order valence-corrected chi connectivity index (χ4v) is 5.78. The van der Waals surface area contributed by atoms with Gasteiger partial charge in [0.2, 0.25) is 5.91 Å². The summed E-state index contributed by atoms with van der Waals surface area (Å²) in [6.07, 6.45) is 8.80. The molecule has 4 bridgehead atoms. The second-order valence-electron chi connectivity index (χ2n) is 8.16. The molecule has 4 aliphatic rings. The summed E-state index contributed by atoms with van der Waals surface area (Å²) >= 11 is 0. The summed E-state index contributed by atoms with van der Waals surface area (Å²) in [5.74, 6) is 1.01. The fraction of sp³-hybridized carbons (Fsp3) is 0.882. The average molecular weight is 293 g/mol. The normalized spacial score (nSPS) is 40.2. The maximum Gasteiger partial charge on any atom is 0.303 e. The van der Waals surface area contributed by atoms with Gasteiger partial charge in [-0.2, -0.15) is 0 Å². The molecule has 0 aliphatic heterocycles. The number of amides is 1. The monoisotopic (exact) mass is 293 g/mol. The predicted molar refractivity (Wildman–Crippen MR) is 79.7 cm³/mol. The van der Waals surface area contributed by atoms with Crippen LogP contribution in [0.3, 0.4) is 0 Å². The molecule has 4 nitrogen and oxygen atoms in total. The predicted octanol–water partition coefficient (Wildman–Crippen LogP) is 2.96. The minimum Gasteiger partial charge on any atom is -0.481 e. The van der Waals surface area contributed by atoms with Gasteiger partial charge in [-0.3, -0.25) is 9.59 Å². The molecule has 4 saturated carbocycles. The van der Waals surface area contributed by atoms with Crippen molar-refractivity contribution in [3.63, 3.8) is 0 Å². The van der Waals surface area contributed by atoms with Gasteiger partial charge in [0.1, 0.15) is 0 Å². The number of carbonyl (C=O) groups is 2. The maximum absolute atomic E-state index is 12.7. The molecule has 2 atom stereocenters. The van der Waals surface area contributed by atoms with Crippen molar-refractivity contribution in [2.75, 3.05) is 6.54 Å². The smallest absolute Gasteiger partial charge is 0.303 e. The lowest BCUT2D eigenvalue weighted by Gasteiger charge is -2.60. The van der Waals surface area contributed by atoms with Crippen LogP contribution in [0.25, 0.3) is 0 Å². The number of unbranched alkanes of at least 4 members (excludes halogenated alkanes) is 1. The molecule has 4 rings (SSSR count). The van der Waals surface area contributed by atoms with Gasteiger partial charge in [0, 0.05) is 13.0 Å². The fourth-order valence-electron chi connectivity index (χ4n) is 5.78. The van der Waals surface area contributed by atoms with Gasteiger partial charge in [-0.15, -0.1) is 0 Å². The van der Waals surface area contributed by atoms with E-state index in [1.807, 2.05) is 0 Å². The van der Waals surface area contributed by atoms with Gasteiger partial charge in [-0.05, 0) is 68.6 Å². The molecule has 4 heteroatoms. The molecule has 0 saturated heterocycles. The average Bonchev–Trinajstić information content (AvgIpc) is 2.34. The Bertz CT molecular complexity index is 431. The SMILES string of the molecule is CC12CC3CC(C1)CC(C(=O)NCCCCC(=O)O)(C3)C2. The standard InChI is InChI=1S/C17H27NO3/c1-16-7-12-6-13(8-16)10-17(9-12,11-16)15(21)18-5-3-2-4-14(19)20/h12-13H,2-11H2,1H3,(H,18,21)(H,19,20). The zero-order valence-electron chi connectivity index (χ0n) is 13.0. The van der Waals surface area contributed by atoms with Crippen molar-refractivity contribution < 1.29 is 14.7 Å². The highest BCUT2D eigenvalue weighted by atomic mass is 16.4. The molecule has 0 aromatic rings. The summed E-state index contributed by atoms with van der Waals surface area (Å²) in [5.41, 5.74) is 0.288. The van der Waals surface area contributed by atoms with Crippen LogP contribution in [-0.4, -0.2) is 23.5 Å². The molecule has 0 heterocycles. The van der Waals surface area contributed by atoms with Crippen LogP contribution in [-0.2, 0) is 9.59 Å². The van der Waals surface area contributed by atoms with Gasteiger partial charge < -0.3 is 10.4 Å². The molecule has 4 aliphatic carbocycles. The largest absolute Gasteiger partial charge is 0.481 e. The van der Waals surface area contributed by atoms with E-state index in [9.17, 15) is 9.59 Å². The highest BCUT2D eigenvalue weighted by Crippen LogP contribution is 2.65. The third kappa shape index (κ3) is 2.95. The van der Waals surface area contributed by atoms with Crippen molar-refractivity contribution in [3.8, 4) is 0 Å². The van der Waals surface area contributed by atoms with E-state index in [0.717, 1.165) is 37.5 Å². The van der Waals surface area contributed by atoms with Crippen LogP contribution in [0.5, 0.6) is 0 Å². The highest BCUT2D eigenvalue weighted by molar-refractivity contribution is 5.83. The first-order chi connectivity index (χ1) is 9.91. The molecule has 2 unspecified atom stereocenters. The van der Waals surface area contributed by atoms with E-state index in [-0.39, 0.29) is 17.7 Å². The third-order valence-electron chi connectivity index (χ3n) is 5.94. The molecule has 1 amide bonds. The number of rotatable bonds is 6. The Morgan fingerprint density at radius 2 is 1.81 bits per heavy atom. The molecule has 0 radical (unpaired) electrons. The lowest BCUT2D eigenvalue weighted by atomic mass is 9.44. The third-order valence-corrected chi connectivity index (χ3v) is 5.94. The Kier molecular flexibility index (Phi) is 3.74. The summed E-state index contributed by atoms with van der Waals surface area (Å²) < 4.78 is 0. The van der Waals surface area contributed by atoms with Crippen molar-refractivity contribution in [2.45, 2.75) is 64.7 Å². The molecule has 118 valence electrons. The van der Waals surface area contributed by atoms with E-state index in [4.69, 9.17) is 5.11 Å². The van der Waals surface area contributed by atoms with Crippen molar-refractivity contribution in [1.29, 1.82) is 0 Å². The van der Waals surface area contributed by atoms with Gasteiger partial charge in [0.25, 0.3) is 0 Å². The highest BCUT2D eigenvalue weighted by Gasteiger charge is 2.58. The van der Waals surface area contributed by atoms with E-state index in [2.05, 4.69) is 12.2 Å². The summed E-state index contributed by atoms with van der Waals surface area (Å²) in [6.45, 7) is 3.00. The summed E-state index contributed by atoms with van der Waals surface area (Å²) in [4.78, 5) is 23.2. The van der Waals surface area contributed by atoms with Crippen molar-refractivity contribution in [1.82, 2.24) is 5.32 Å². The van der Waals surface area contributed by atoms with Gasteiger partial charge >= 0.3 is 5.97 Å². The molecular weight excluding hydrogens is 266 g/mol. The molecule has 4 fully saturated rings. The second-order valence-corrected chi connectivity index (χ2v) is 8.16. The lowest BCUT2D eigenvalue weighted by molar-refractivity contribution is -0.155. The lowest BCUT2D eigenvalue weighted by Crippen LogP contribution is -2.56. The van der Waals surface area contributed by atoms with E-state index < -0.39 is 5.97 Å². The van der Waals surface area contributed by atoms with Gasteiger partial charge in [-0.25, -0.2) is 0 Å². The summed E-state index contributed by atoms with van der Waals surface area (Å²) in [7, 11) is 0. The molecule has 0 spiro atoms. The van der Waals surface area contributed by atoms with E-state index in [1.165, 1.54) is 19.3 Å². The Balaban J connectivity index is 1.54. The molecular formula is C17H27NO3. The van der Waals surface area contributed by atoms with E-state index >= 15 is 0 Å². The summed E-state index contributed by atoms with van der Waals surface area (Å²) in [6, 6.07) is 0. The van der Waals surface area contributed by atoms with Crippen molar-refractivity contribution in [2.24, 2.45) is 22.7 Å². The Labute approximate surface area is 126 Å². The van der Waals surface area contributed by atoms with Crippen LogP contribution in [0.4, 0.5) is 0 Å². The minimum absolute atomic E-state index is 0.106. The van der Waals surface area contributed by atoms with Crippen LogP contribution >= 0.6 is 0 Å². The van der Waals surface area contributed by atoms with E-state index in [0.29, 0.717) is 18.4 Å². The van der Waals surface area contributed by atoms with Gasteiger partial charge in [0.15, 0.2) is 0 Å². The zero-order valence-corrected chi connectivity index (χ0v) is 13.0. The minimum atomic E-state index is -0.754. The maximum atomic E-state index is 12.7. The Morgan fingerprint density at radius 1 is 1.14 bits per heavy atom. The number of nitrogens with one attached hydrogen (secondary N) is 1. The first-order valence-electron chi connectivity index (χ1n) is 8.41. The van der Waals surface area contributed by atoms with Crippen LogP contribution < -0.4 is 5.32 Å². The zero-order chi connectivity index (χ0) is 15.1. The molecule has 21 heavy (non-hydrogen) atoms. The first kappa shape index (κ1) is 14.9. The molecule has 0 aromatic carbocycles. The van der Waals surface area contributed by atoms with E-state index in [1.54, 1.807) is 0 Å². The van der Waals surface area contributed by atoms with Crippen LogP contribution in [0.2, 0.25) is 0 Å². The Hall–Kier alpha value is -1.06. The quantitative estimate of drug-likeness (QED) is 0.740. The number of aliphatic carboxylic acids is 1. The molecule has 0 aromatic heterocycles. The van der Waals surface area contributed by atoms with Gasteiger partial charge in [-0.1, -0.05) is 6.92 Å². The summed E-state index contributed by atoms with van der Waals surface area (Å²) in [5, 5.41) is 11.7. The number of carbonyl (C=O) groups excluding carboxylic acids is 1. The van der Waals surface area contributed by atoms with Crippen LogP contribution in [0, 0.1) is 22.7 Å².